The van der Waals surface area contributed by atoms with E-state index in [-0.39, 0.29) is 24.7 Å². The Morgan fingerprint density at radius 3 is 2.52 bits per heavy atom. The van der Waals surface area contributed by atoms with Crippen molar-refractivity contribution in [1.29, 1.82) is 0 Å². The van der Waals surface area contributed by atoms with Gasteiger partial charge in [-0.05, 0) is 30.5 Å². The Kier molecular flexibility index (Phi) is 4.98. The van der Waals surface area contributed by atoms with Gasteiger partial charge in [-0.15, -0.1) is 6.42 Å². The van der Waals surface area contributed by atoms with Gasteiger partial charge in [-0.1, -0.05) is 30.9 Å². The summed E-state index contributed by atoms with van der Waals surface area (Å²) >= 11 is 0. The summed E-state index contributed by atoms with van der Waals surface area (Å²) in [6.45, 7) is 0.520. The van der Waals surface area contributed by atoms with Crippen LogP contribution in [-0.2, 0) is 11.3 Å². The van der Waals surface area contributed by atoms with Gasteiger partial charge in [0.05, 0.1) is 18.6 Å². The minimum atomic E-state index is -0.882. The summed E-state index contributed by atoms with van der Waals surface area (Å²) in [5.41, 5.74) is -0.0642. The second kappa shape index (κ2) is 6.73. The highest BCUT2D eigenvalue weighted by Gasteiger charge is 2.34. The smallest absolute Gasteiger partial charge is 0.226 e. The van der Waals surface area contributed by atoms with Crippen LogP contribution in [0.25, 0.3) is 0 Å². The molecule has 1 fully saturated rings. The van der Waals surface area contributed by atoms with Crippen LogP contribution in [0.3, 0.4) is 0 Å². The molecule has 1 aromatic carbocycles. The molecule has 1 saturated carbocycles. The van der Waals surface area contributed by atoms with E-state index in [2.05, 4.69) is 5.92 Å². The number of carbonyl (C=O) groups excluding carboxylic acids is 1. The average molecular weight is 289 g/mol. The fourth-order valence-corrected chi connectivity index (χ4v) is 2.76. The number of rotatable bonds is 5. The van der Waals surface area contributed by atoms with Crippen molar-refractivity contribution < 1.29 is 14.3 Å². The van der Waals surface area contributed by atoms with Crippen LogP contribution in [0, 0.1) is 18.2 Å². The third-order valence-electron chi connectivity index (χ3n) is 3.94. The van der Waals surface area contributed by atoms with Crippen molar-refractivity contribution in [2.75, 3.05) is 6.54 Å². The van der Waals surface area contributed by atoms with E-state index in [4.69, 9.17) is 6.42 Å². The number of hydrogen-bond donors (Lipinski definition) is 1. The van der Waals surface area contributed by atoms with Crippen LogP contribution < -0.4 is 0 Å². The largest absolute Gasteiger partial charge is 0.389 e. The fraction of sp³-hybridized carbons (Fsp3) is 0.471. The van der Waals surface area contributed by atoms with E-state index < -0.39 is 5.60 Å². The van der Waals surface area contributed by atoms with Crippen molar-refractivity contribution in [3.8, 4) is 12.3 Å². The summed E-state index contributed by atoms with van der Waals surface area (Å²) in [6, 6.07) is 5.99. The Hall–Kier alpha value is -1.86. The number of halogens is 1. The van der Waals surface area contributed by atoms with Crippen LogP contribution in [0.5, 0.6) is 0 Å². The fourth-order valence-electron chi connectivity index (χ4n) is 2.76. The first-order valence-electron chi connectivity index (χ1n) is 7.20. The second-order valence-corrected chi connectivity index (χ2v) is 5.69. The number of aliphatic hydroxyl groups is 1. The predicted octanol–water partition coefficient (Wildman–Crippen LogP) is 2.48. The molecule has 1 aliphatic rings. The maximum Gasteiger partial charge on any atom is 0.226 e. The number of terminal acetylenes is 1. The molecule has 0 saturated heterocycles. The molecule has 0 atom stereocenters. The van der Waals surface area contributed by atoms with E-state index in [9.17, 15) is 14.3 Å². The van der Waals surface area contributed by atoms with Crippen LogP contribution in [-0.4, -0.2) is 28.1 Å². The van der Waals surface area contributed by atoms with E-state index >= 15 is 0 Å². The number of amides is 1. The third-order valence-corrected chi connectivity index (χ3v) is 3.94. The van der Waals surface area contributed by atoms with E-state index in [0.717, 1.165) is 18.4 Å². The first-order chi connectivity index (χ1) is 10.0. The van der Waals surface area contributed by atoms with Gasteiger partial charge in [0.2, 0.25) is 5.91 Å². The number of carbonyl (C=O) groups is 1. The topological polar surface area (TPSA) is 40.5 Å². The van der Waals surface area contributed by atoms with Crippen molar-refractivity contribution in [3.63, 3.8) is 0 Å². The summed E-state index contributed by atoms with van der Waals surface area (Å²) in [7, 11) is 0. The van der Waals surface area contributed by atoms with Crippen LogP contribution in [0.15, 0.2) is 24.3 Å². The summed E-state index contributed by atoms with van der Waals surface area (Å²) in [6.07, 6.45) is 8.67. The van der Waals surface area contributed by atoms with E-state index in [0.29, 0.717) is 19.4 Å². The number of benzene rings is 1. The number of nitrogens with zero attached hydrogens (tertiary/aromatic N) is 1. The Morgan fingerprint density at radius 1 is 1.33 bits per heavy atom. The summed E-state index contributed by atoms with van der Waals surface area (Å²) in [5, 5.41) is 10.3. The van der Waals surface area contributed by atoms with E-state index in [1.807, 2.05) is 0 Å². The van der Waals surface area contributed by atoms with Gasteiger partial charge in [-0.3, -0.25) is 4.79 Å². The molecule has 4 heteroatoms. The molecule has 1 aromatic rings. The Morgan fingerprint density at radius 2 is 1.95 bits per heavy atom. The molecule has 3 nitrogen and oxygen atoms in total. The molecule has 0 spiro atoms. The molecule has 0 aromatic heterocycles. The van der Waals surface area contributed by atoms with Crippen molar-refractivity contribution in [2.45, 2.75) is 44.2 Å². The molecule has 112 valence electrons. The molecule has 1 amide bonds. The van der Waals surface area contributed by atoms with Crippen LogP contribution in [0.4, 0.5) is 4.39 Å². The van der Waals surface area contributed by atoms with Gasteiger partial charge in [0.1, 0.15) is 5.82 Å². The molecular formula is C17H20FNO2. The minimum Gasteiger partial charge on any atom is -0.389 e. The van der Waals surface area contributed by atoms with Gasteiger partial charge in [0, 0.05) is 6.54 Å². The molecule has 0 radical (unpaired) electrons. The van der Waals surface area contributed by atoms with Gasteiger partial charge in [0.15, 0.2) is 0 Å². The van der Waals surface area contributed by atoms with Gasteiger partial charge in [-0.25, -0.2) is 4.39 Å². The highest BCUT2D eigenvalue weighted by Crippen LogP contribution is 2.32. The molecule has 0 unspecified atom stereocenters. The monoisotopic (exact) mass is 289 g/mol. The number of hydrogen-bond acceptors (Lipinski definition) is 2. The van der Waals surface area contributed by atoms with Crippen LogP contribution in [0.1, 0.15) is 37.7 Å². The molecule has 1 aliphatic carbocycles. The minimum absolute atomic E-state index is 0.107. The normalized spacial score (nSPS) is 16.4. The molecule has 1 N–H and O–H groups in total. The lowest BCUT2D eigenvalue weighted by Gasteiger charge is -2.26. The molecule has 0 bridgehead atoms. The summed E-state index contributed by atoms with van der Waals surface area (Å²) in [5.74, 6) is 2.00. The van der Waals surface area contributed by atoms with Gasteiger partial charge >= 0.3 is 0 Å². The maximum atomic E-state index is 12.9. The Bertz CT molecular complexity index is 527. The Balaban J connectivity index is 2.02. The zero-order chi connectivity index (χ0) is 15.3. The predicted molar refractivity (Wildman–Crippen MR) is 78.7 cm³/mol. The zero-order valence-corrected chi connectivity index (χ0v) is 12.0. The van der Waals surface area contributed by atoms with E-state index in [1.54, 1.807) is 12.1 Å². The highest BCUT2D eigenvalue weighted by molar-refractivity contribution is 5.77. The van der Waals surface area contributed by atoms with Gasteiger partial charge in [0.25, 0.3) is 0 Å². The van der Waals surface area contributed by atoms with E-state index in [1.165, 1.54) is 17.0 Å². The zero-order valence-electron chi connectivity index (χ0n) is 12.0. The third kappa shape index (κ3) is 4.30. The molecule has 2 rings (SSSR count). The first kappa shape index (κ1) is 15.5. The standard InChI is InChI=1S/C17H20FNO2/c1-2-11-19(13-14-5-7-15(18)8-6-14)16(20)12-17(21)9-3-4-10-17/h1,5-8,21H,3-4,9-13H2. The van der Waals surface area contributed by atoms with Gasteiger partial charge in [-0.2, -0.15) is 0 Å². The molecule has 0 aliphatic heterocycles. The lowest BCUT2D eigenvalue weighted by atomic mass is 9.97. The summed E-state index contributed by atoms with van der Waals surface area (Å²) in [4.78, 5) is 13.9. The molecular weight excluding hydrogens is 269 g/mol. The lowest BCUT2D eigenvalue weighted by molar-refractivity contribution is -0.136. The maximum absolute atomic E-state index is 12.9. The quantitative estimate of drug-likeness (QED) is 0.846. The SMILES string of the molecule is C#CCN(Cc1ccc(F)cc1)C(=O)CC1(O)CCCC1. The second-order valence-electron chi connectivity index (χ2n) is 5.69. The first-order valence-corrected chi connectivity index (χ1v) is 7.20. The highest BCUT2D eigenvalue weighted by atomic mass is 19.1. The van der Waals surface area contributed by atoms with Crippen molar-refractivity contribution >= 4 is 5.91 Å². The lowest BCUT2D eigenvalue weighted by Crippen LogP contribution is -2.38. The van der Waals surface area contributed by atoms with Crippen molar-refractivity contribution in [3.05, 3.63) is 35.6 Å². The molecule has 21 heavy (non-hydrogen) atoms. The van der Waals surface area contributed by atoms with Crippen molar-refractivity contribution in [2.24, 2.45) is 0 Å². The van der Waals surface area contributed by atoms with Gasteiger partial charge < -0.3 is 10.0 Å². The summed E-state index contributed by atoms with van der Waals surface area (Å²) < 4.78 is 12.9. The Labute approximate surface area is 124 Å². The molecule has 0 heterocycles. The average Bonchev–Trinajstić information content (AvgIpc) is 2.87. The van der Waals surface area contributed by atoms with Crippen LogP contribution in [0.2, 0.25) is 0 Å². The van der Waals surface area contributed by atoms with Crippen LogP contribution >= 0.6 is 0 Å². The van der Waals surface area contributed by atoms with Crippen molar-refractivity contribution in [1.82, 2.24) is 4.90 Å².